The molecule has 41 heavy (non-hydrogen) atoms. The summed E-state index contributed by atoms with van der Waals surface area (Å²) in [6, 6.07) is 20.9. The highest BCUT2D eigenvalue weighted by Crippen LogP contribution is 2.26. The first-order chi connectivity index (χ1) is 19.7. The normalized spacial score (nSPS) is 11.8. The lowest BCUT2D eigenvalue weighted by Crippen LogP contribution is -2.51. The van der Waals surface area contributed by atoms with Gasteiger partial charge in [0, 0.05) is 13.1 Å². The van der Waals surface area contributed by atoms with Gasteiger partial charge in [-0.05, 0) is 74.4 Å². The van der Waals surface area contributed by atoms with Crippen molar-refractivity contribution in [1.29, 1.82) is 0 Å². The van der Waals surface area contributed by atoms with Crippen LogP contribution in [0.5, 0.6) is 11.5 Å². The fourth-order valence-corrected chi connectivity index (χ4v) is 5.63. The predicted molar refractivity (Wildman–Crippen MR) is 160 cm³/mol. The lowest BCUT2D eigenvalue weighted by Gasteiger charge is -2.32. The smallest absolute Gasteiger partial charge is 0.264 e. The number of ether oxygens (including phenoxy) is 2. The predicted octanol–water partition coefficient (Wildman–Crippen LogP) is 4.62. The molecular formula is C31H39N3O6S. The Kier molecular flexibility index (Phi) is 11.6. The van der Waals surface area contributed by atoms with Gasteiger partial charge < -0.3 is 19.7 Å². The van der Waals surface area contributed by atoms with Crippen LogP contribution in [-0.4, -0.2) is 58.0 Å². The number of carbonyl (C=O) groups is 2. The van der Waals surface area contributed by atoms with E-state index in [1.54, 1.807) is 74.7 Å². The highest BCUT2D eigenvalue weighted by Gasteiger charge is 2.32. The number of anilines is 1. The SMILES string of the molecule is CCCCNC(=O)[C@H](C)N(Cc1cccc(OC)c1)C(=O)CN(c1ccccc1)S(=O)(=O)c1ccc(OCC)cc1. The highest BCUT2D eigenvalue weighted by molar-refractivity contribution is 7.92. The van der Waals surface area contributed by atoms with Crippen molar-refractivity contribution in [2.75, 3.05) is 31.1 Å². The Morgan fingerprint density at radius 2 is 1.63 bits per heavy atom. The molecule has 0 aromatic heterocycles. The van der Waals surface area contributed by atoms with Gasteiger partial charge in [-0.1, -0.05) is 43.7 Å². The first-order valence-electron chi connectivity index (χ1n) is 13.7. The van der Waals surface area contributed by atoms with Crippen LogP contribution in [0.4, 0.5) is 5.69 Å². The molecular weight excluding hydrogens is 542 g/mol. The maximum atomic E-state index is 14.0. The standard InChI is InChI=1S/C31H39N3O6S/c1-5-7-20-32-31(36)24(3)33(22-25-12-11-15-28(21-25)39-4)30(35)23-34(26-13-9-8-10-14-26)41(37,38)29-18-16-27(17-19-29)40-6-2/h8-19,21,24H,5-7,20,22-23H2,1-4H3,(H,32,36)/t24-/m0/s1. The Morgan fingerprint density at radius 3 is 2.27 bits per heavy atom. The molecule has 3 aromatic carbocycles. The van der Waals surface area contributed by atoms with E-state index in [0.717, 1.165) is 22.7 Å². The summed E-state index contributed by atoms with van der Waals surface area (Å²) >= 11 is 0. The minimum Gasteiger partial charge on any atom is -0.497 e. The van der Waals surface area contributed by atoms with Gasteiger partial charge in [0.15, 0.2) is 0 Å². The van der Waals surface area contributed by atoms with Gasteiger partial charge in [-0.25, -0.2) is 8.42 Å². The van der Waals surface area contributed by atoms with Crippen molar-refractivity contribution in [2.45, 2.75) is 51.1 Å². The second kappa shape index (κ2) is 15.1. The molecule has 0 spiro atoms. The van der Waals surface area contributed by atoms with Gasteiger partial charge in [0.25, 0.3) is 10.0 Å². The lowest BCUT2D eigenvalue weighted by molar-refractivity contribution is -0.139. The summed E-state index contributed by atoms with van der Waals surface area (Å²) in [5.74, 6) is 0.319. The van der Waals surface area contributed by atoms with Crippen LogP contribution in [0.2, 0.25) is 0 Å². The van der Waals surface area contributed by atoms with Crippen LogP contribution in [-0.2, 0) is 26.2 Å². The molecule has 0 radical (unpaired) electrons. The fraction of sp³-hybridized carbons (Fsp3) is 0.355. The molecule has 0 unspecified atom stereocenters. The van der Waals surface area contributed by atoms with Crippen molar-refractivity contribution in [3.63, 3.8) is 0 Å². The largest absolute Gasteiger partial charge is 0.497 e. The van der Waals surface area contributed by atoms with Crippen molar-refractivity contribution in [3.05, 3.63) is 84.4 Å². The second-order valence-electron chi connectivity index (χ2n) is 9.45. The molecule has 10 heteroatoms. The minimum absolute atomic E-state index is 0.0160. The van der Waals surface area contributed by atoms with Crippen LogP contribution in [0.3, 0.4) is 0 Å². The van der Waals surface area contributed by atoms with E-state index in [1.807, 2.05) is 19.9 Å². The van der Waals surface area contributed by atoms with Gasteiger partial charge in [0.1, 0.15) is 24.1 Å². The van der Waals surface area contributed by atoms with Crippen LogP contribution in [0.25, 0.3) is 0 Å². The maximum absolute atomic E-state index is 14.0. The van der Waals surface area contributed by atoms with E-state index < -0.39 is 28.5 Å². The molecule has 0 heterocycles. The Labute approximate surface area is 243 Å². The average Bonchev–Trinajstić information content (AvgIpc) is 2.99. The van der Waals surface area contributed by atoms with E-state index in [1.165, 1.54) is 17.0 Å². The van der Waals surface area contributed by atoms with Gasteiger partial charge in [-0.15, -0.1) is 0 Å². The summed E-state index contributed by atoms with van der Waals surface area (Å²) in [4.78, 5) is 28.4. The van der Waals surface area contributed by atoms with E-state index in [4.69, 9.17) is 9.47 Å². The van der Waals surface area contributed by atoms with E-state index in [-0.39, 0.29) is 17.3 Å². The van der Waals surface area contributed by atoms with Crippen molar-refractivity contribution < 1.29 is 27.5 Å². The van der Waals surface area contributed by atoms with Crippen molar-refractivity contribution in [1.82, 2.24) is 10.2 Å². The lowest BCUT2D eigenvalue weighted by atomic mass is 10.1. The van der Waals surface area contributed by atoms with E-state index in [2.05, 4.69) is 5.32 Å². The van der Waals surface area contributed by atoms with Crippen LogP contribution in [0.1, 0.15) is 39.2 Å². The molecule has 2 amide bonds. The topological polar surface area (TPSA) is 105 Å². The molecule has 0 saturated heterocycles. The summed E-state index contributed by atoms with van der Waals surface area (Å²) in [6.45, 7) is 6.04. The third kappa shape index (κ3) is 8.47. The zero-order valence-electron chi connectivity index (χ0n) is 24.1. The first kappa shape index (κ1) is 31.5. The summed E-state index contributed by atoms with van der Waals surface area (Å²) in [5.41, 5.74) is 1.07. The summed E-state index contributed by atoms with van der Waals surface area (Å²) < 4.78 is 39.7. The molecule has 9 nitrogen and oxygen atoms in total. The van der Waals surface area contributed by atoms with Crippen LogP contribution >= 0.6 is 0 Å². The molecule has 0 aliphatic carbocycles. The van der Waals surface area contributed by atoms with E-state index in [0.29, 0.717) is 30.3 Å². The number of para-hydroxylation sites is 1. The van der Waals surface area contributed by atoms with Gasteiger partial charge >= 0.3 is 0 Å². The molecule has 1 N–H and O–H groups in total. The number of rotatable bonds is 15. The zero-order valence-corrected chi connectivity index (χ0v) is 24.9. The summed E-state index contributed by atoms with van der Waals surface area (Å²) in [7, 11) is -2.60. The number of methoxy groups -OCH3 is 1. The number of carbonyl (C=O) groups excluding carboxylic acids is 2. The number of unbranched alkanes of at least 4 members (excludes halogenated alkanes) is 1. The fourth-order valence-electron chi connectivity index (χ4n) is 4.21. The molecule has 3 rings (SSSR count). The maximum Gasteiger partial charge on any atom is 0.264 e. The number of nitrogens with one attached hydrogen (secondary N) is 1. The average molecular weight is 582 g/mol. The minimum atomic E-state index is -4.15. The highest BCUT2D eigenvalue weighted by atomic mass is 32.2. The van der Waals surface area contributed by atoms with Gasteiger partial charge in [0.2, 0.25) is 11.8 Å². The van der Waals surface area contributed by atoms with Crippen LogP contribution in [0, 0.1) is 0 Å². The Balaban J connectivity index is 1.97. The van der Waals surface area contributed by atoms with Gasteiger partial charge in [0.05, 0.1) is 24.3 Å². The van der Waals surface area contributed by atoms with Crippen molar-refractivity contribution >= 4 is 27.5 Å². The third-order valence-corrected chi connectivity index (χ3v) is 8.32. The molecule has 0 aliphatic heterocycles. The second-order valence-corrected chi connectivity index (χ2v) is 11.3. The summed E-state index contributed by atoms with van der Waals surface area (Å²) in [6.07, 6.45) is 1.72. The third-order valence-electron chi connectivity index (χ3n) is 6.53. The molecule has 0 aliphatic rings. The molecule has 220 valence electrons. The molecule has 0 bridgehead atoms. The monoisotopic (exact) mass is 581 g/mol. The summed E-state index contributed by atoms with van der Waals surface area (Å²) in [5, 5.41) is 2.88. The van der Waals surface area contributed by atoms with Crippen LogP contribution < -0.4 is 19.1 Å². The molecule has 3 aromatic rings. The number of hydrogen-bond acceptors (Lipinski definition) is 6. The number of nitrogens with zero attached hydrogens (tertiary/aromatic N) is 2. The molecule has 0 fully saturated rings. The Bertz CT molecular complexity index is 1380. The Morgan fingerprint density at radius 1 is 0.927 bits per heavy atom. The molecule has 1 atom stereocenters. The van der Waals surface area contributed by atoms with Crippen molar-refractivity contribution in [3.8, 4) is 11.5 Å². The quantitative estimate of drug-likeness (QED) is 0.263. The van der Waals surface area contributed by atoms with E-state index in [9.17, 15) is 18.0 Å². The van der Waals surface area contributed by atoms with Crippen LogP contribution in [0.15, 0.2) is 83.8 Å². The number of benzene rings is 3. The van der Waals surface area contributed by atoms with Crippen molar-refractivity contribution in [2.24, 2.45) is 0 Å². The number of sulfonamides is 1. The number of hydrogen-bond donors (Lipinski definition) is 1. The van der Waals surface area contributed by atoms with E-state index >= 15 is 0 Å². The van der Waals surface area contributed by atoms with Gasteiger partial charge in [-0.2, -0.15) is 0 Å². The number of amides is 2. The van der Waals surface area contributed by atoms with Gasteiger partial charge in [-0.3, -0.25) is 13.9 Å². The Hall–Kier alpha value is -4.05. The molecule has 0 saturated carbocycles. The first-order valence-corrected chi connectivity index (χ1v) is 15.2. The zero-order chi connectivity index (χ0) is 29.8.